The molecule has 6 nitrogen and oxygen atoms in total. The maximum Gasteiger partial charge on any atom is 0.326 e. The van der Waals surface area contributed by atoms with Crippen LogP contribution in [-0.2, 0) is 9.53 Å². The van der Waals surface area contributed by atoms with Gasteiger partial charge in [0.2, 0.25) is 0 Å². The van der Waals surface area contributed by atoms with Crippen LogP contribution in [0.5, 0.6) is 0 Å². The van der Waals surface area contributed by atoms with Gasteiger partial charge in [-0.25, -0.2) is 9.59 Å². The quantitative estimate of drug-likeness (QED) is 0.681. The third-order valence-corrected chi connectivity index (χ3v) is 3.38. The maximum absolute atomic E-state index is 11.8. The van der Waals surface area contributed by atoms with Crippen LogP contribution in [0, 0.1) is 5.92 Å². The zero-order chi connectivity index (χ0) is 14.4. The van der Waals surface area contributed by atoms with Crippen molar-refractivity contribution in [3.63, 3.8) is 0 Å². The highest BCUT2D eigenvalue weighted by Crippen LogP contribution is 2.21. The monoisotopic (exact) mass is 272 g/mol. The van der Waals surface area contributed by atoms with Crippen LogP contribution in [0.3, 0.4) is 0 Å². The van der Waals surface area contributed by atoms with Crippen LogP contribution in [0.15, 0.2) is 0 Å². The summed E-state index contributed by atoms with van der Waals surface area (Å²) in [6, 6.07) is -1.30. The van der Waals surface area contributed by atoms with Crippen LogP contribution in [0.4, 0.5) is 4.79 Å². The fraction of sp³-hybridized carbons (Fsp3) is 0.846. The first-order chi connectivity index (χ1) is 8.93. The molecule has 0 heterocycles. The van der Waals surface area contributed by atoms with Gasteiger partial charge in [-0.05, 0) is 31.6 Å². The number of carboxylic acids is 1. The Balaban J connectivity index is 2.46. The van der Waals surface area contributed by atoms with Gasteiger partial charge in [0.25, 0.3) is 0 Å². The van der Waals surface area contributed by atoms with Gasteiger partial charge in [0, 0.05) is 7.11 Å². The van der Waals surface area contributed by atoms with Crippen molar-refractivity contribution >= 4 is 12.0 Å². The van der Waals surface area contributed by atoms with E-state index < -0.39 is 18.0 Å². The Morgan fingerprint density at radius 1 is 1.37 bits per heavy atom. The molecule has 1 aliphatic rings. The van der Waals surface area contributed by atoms with E-state index in [4.69, 9.17) is 9.84 Å². The molecule has 3 N–H and O–H groups in total. The zero-order valence-corrected chi connectivity index (χ0v) is 11.8. The van der Waals surface area contributed by atoms with Crippen LogP contribution in [-0.4, -0.2) is 42.4 Å². The number of hydrogen-bond acceptors (Lipinski definition) is 3. The molecule has 6 heteroatoms. The minimum atomic E-state index is -1.00. The standard InChI is InChI=1S/C13H24N2O4/c1-8(2)7-10(12(16)17)15-13(18)14-9-5-4-6-11(9)19-3/h8-11H,4-7H2,1-3H3,(H,16,17)(H2,14,15,18). The Morgan fingerprint density at radius 2 is 2.05 bits per heavy atom. The largest absolute Gasteiger partial charge is 0.480 e. The van der Waals surface area contributed by atoms with Gasteiger partial charge in [-0.3, -0.25) is 0 Å². The van der Waals surface area contributed by atoms with Gasteiger partial charge in [-0.15, -0.1) is 0 Å². The van der Waals surface area contributed by atoms with E-state index in [9.17, 15) is 9.59 Å². The molecular formula is C13H24N2O4. The highest BCUT2D eigenvalue weighted by Gasteiger charge is 2.29. The van der Waals surface area contributed by atoms with Gasteiger partial charge in [0.15, 0.2) is 0 Å². The molecule has 1 saturated carbocycles. The van der Waals surface area contributed by atoms with Crippen LogP contribution in [0.1, 0.15) is 39.5 Å². The number of hydrogen-bond donors (Lipinski definition) is 3. The van der Waals surface area contributed by atoms with Crippen LogP contribution in [0.2, 0.25) is 0 Å². The number of ether oxygens (including phenoxy) is 1. The first kappa shape index (κ1) is 15.8. The topological polar surface area (TPSA) is 87.7 Å². The number of aliphatic carboxylic acids is 1. The third-order valence-electron chi connectivity index (χ3n) is 3.38. The van der Waals surface area contributed by atoms with E-state index in [1.165, 1.54) is 0 Å². The van der Waals surface area contributed by atoms with Crippen molar-refractivity contribution in [3.05, 3.63) is 0 Å². The normalized spacial score (nSPS) is 24.2. The molecule has 0 aromatic carbocycles. The molecule has 0 saturated heterocycles. The molecule has 2 amide bonds. The molecule has 1 aliphatic carbocycles. The number of methoxy groups -OCH3 is 1. The Bertz CT molecular complexity index is 320. The minimum absolute atomic E-state index is 0.0270. The molecule has 1 rings (SSSR count). The number of urea groups is 1. The van der Waals surface area contributed by atoms with Gasteiger partial charge in [-0.2, -0.15) is 0 Å². The first-order valence-electron chi connectivity index (χ1n) is 6.76. The summed E-state index contributed by atoms with van der Waals surface area (Å²) < 4.78 is 5.28. The number of carbonyl (C=O) groups excluding carboxylic acids is 1. The highest BCUT2D eigenvalue weighted by molar-refractivity contribution is 5.82. The van der Waals surface area contributed by atoms with Crippen molar-refractivity contribution in [3.8, 4) is 0 Å². The zero-order valence-electron chi connectivity index (χ0n) is 11.8. The van der Waals surface area contributed by atoms with Crippen molar-refractivity contribution in [2.45, 2.75) is 57.7 Å². The van der Waals surface area contributed by atoms with Crippen molar-refractivity contribution in [2.24, 2.45) is 5.92 Å². The van der Waals surface area contributed by atoms with Crippen molar-refractivity contribution < 1.29 is 19.4 Å². The second kappa shape index (κ2) is 7.33. The van der Waals surface area contributed by atoms with E-state index in [2.05, 4.69) is 10.6 Å². The summed E-state index contributed by atoms with van der Waals surface area (Å²) in [4.78, 5) is 22.9. The van der Waals surface area contributed by atoms with Crippen molar-refractivity contribution in [2.75, 3.05) is 7.11 Å². The van der Waals surface area contributed by atoms with E-state index >= 15 is 0 Å². The Hall–Kier alpha value is -1.30. The molecular weight excluding hydrogens is 248 g/mol. The summed E-state index contributed by atoms with van der Waals surface area (Å²) >= 11 is 0. The predicted octanol–water partition coefficient (Wildman–Crippen LogP) is 1.35. The van der Waals surface area contributed by atoms with Gasteiger partial charge in [0.1, 0.15) is 6.04 Å². The molecule has 0 radical (unpaired) electrons. The average Bonchev–Trinajstić information content (AvgIpc) is 2.74. The molecule has 0 bridgehead atoms. The number of amides is 2. The summed E-state index contributed by atoms with van der Waals surface area (Å²) in [7, 11) is 1.63. The lowest BCUT2D eigenvalue weighted by Gasteiger charge is -2.22. The van der Waals surface area contributed by atoms with Gasteiger partial charge in [0.05, 0.1) is 12.1 Å². The van der Waals surface area contributed by atoms with Gasteiger partial charge < -0.3 is 20.5 Å². The second-order valence-corrected chi connectivity index (χ2v) is 5.45. The number of carboxylic acid groups (broad SMARTS) is 1. The molecule has 110 valence electrons. The van der Waals surface area contributed by atoms with E-state index in [0.29, 0.717) is 6.42 Å². The minimum Gasteiger partial charge on any atom is -0.480 e. The molecule has 0 aliphatic heterocycles. The molecule has 19 heavy (non-hydrogen) atoms. The third kappa shape index (κ3) is 5.06. The lowest BCUT2D eigenvalue weighted by atomic mass is 10.0. The Kier molecular flexibility index (Phi) is 6.08. The van der Waals surface area contributed by atoms with E-state index in [1.807, 2.05) is 13.8 Å². The van der Waals surface area contributed by atoms with E-state index in [-0.39, 0.29) is 18.1 Å². The summed E-state index contributed by atoms with van der Waals surface area (Å²) in [5, 5.41) is 14.4. The predicted molar refractivity (Wildman–Crippen MR) is 71.0 cm³/mol. The molecule has 0 spiro atoms. The lowest BCUT2D eigenvalue weighted by Crippen LogP contribution is -2.51. The molecule has 3 unspecified atom stereocenters. The molecule has 0 aromatic rings. The second-order valence-electron chi connectivity index (χ2n) is 5.45. The van der Waals surface area contributed by atoms with E-state index in [0.717, 1.165) is 19.3 Å². The van der Waals surface area contributed by atoms with Gasteiger partial charge in [-0.1, -0.05) is 13.8 Å². The van der Waals surface area contributed by atoms with Crippen LogP contribution in [0.25, 0.3) is 0 Å². The van der Waals surface area contributed by atoms with Crippen LogP contribution < -0.4 is 10.6 Å². The average molecular weight is 272 g/mol. The van der Waals surface area contributed by atoms with Gasteiger partial charge >= 0.3 is 12.0 Å². The van der Waals surface area contributed by atoms with Crippen molar-refractivity contribution in [1.82, 2.24) is 10.6 Å². The summed E-state index contributed by atoms with van der Waals surface area (Å²) in [6.07, 6.45) is 3.25. The number of nitrogens with one attached hydrogen (secondary N) is 2. The maximum atomic E-state index is 11.8. The van der Waals surface area contributed by atoms with Crippen LogP contribution >= 0.6 is 0 Å². The summed E-state index contributed by atoms with van der Waals surface area (Å²) in [5.41, 5.74) is 0. The lowest BCUT2D eigenvalue weighted by molar-refractivity contribution is -0.139. The highest BCUT2D eigenvalue weighted by atomic mass is 16.5. The Labute approximate surface area is 113 Å². The molecule has 3 atom stereocenters. The SMILES string of the molecule is COC1CCCC1NC(=O)NC(CC(C)C)C(=O)O. The molecule has 1 fully saturated rings. The number of rotatable bonds is 6. The summed E-state index contributed by atoms with van der Waals surface area (Å²) in [5.74, 6) is -0.793. The van der Waals surface area contributed by atoms with Crippen molar-refractivity contribution in [1.29, 1.82) is 0 Å². The summed E-state index contributed by atoms with van der Waals surface area (Å²) in [6.45, 7) is 3.85. The molecule has 0 aromatic heterocycles. The fourth-order valence-corrected chi connectivity index (χ4v) is 2.43. The smallest absolute Gasteiger partial charge is 0.326 e. The number of carbonyl (C=O) groups is 2. The Morgan fingerprint density at radius 3 is 2.58 bits per heavy atom. The fourth-order valence-electron chi connectivity index (χ4n) is 2.43. The van der Waals surface area contributed by atoms with E-state index in [1.54, 1.807) is 7.11 Å². The first-order valence-corrected chi connectivity index (χ1v) is 6.76.